The van der Waals surface area contributed by atoms with Gasteiger partial charge in [0, 0.05) is 23.5 Å². The van der Waals surface area contributed by atoms with E-state index in [0.717, 1.165) is 71.0 Å². The van der Waals surface area contributed by atoms with Crippen LogP contribution in [0.25, 0.3) is 22.5 Å². The van der Waals surface area contributed by atoms with Crippen molar-refractivity contribution < 1.29 is 9.26 Å². The fraction of sp³-hybridized carbons (Fsp3) is 0.281. The van der Waals surface area contributed by atoms with Gasteiger partial charge in [0.2, 0.25) is 0 Å². The minimum Gasteiger partial charge on any atom is -0.491 e. The Bertz CT molecular complexity index is 1550. The Labute approximate surface area is 228 Å². The molecule has 0 saturated heterocycles. The van der Waals surface area contributed by atoms with Crippen LogP contribution in [0.1, 0.15) is 46.1 Å². The van der Waals surface area contributed by atoms with E-state index >= 15 is 0 Å². The molecule has 2 heterocycles. The molecular formula is C32H34N4O3. The summed E-state index contributed by atoms with van der Waals surface area (Å²) in [4.78, 5) is 21.8. The number of ether oxygens (including phenoxy) is 1. The van der Waals surface area contributed by atoms with Crippen LogP contribution in [-0.4, -0.2) is 28.6 Å². The van der Waals surface area contributed by atoms with Gasteiger partial charge in [-0.15, -0.1) is 0 Å². The minimum atomic E-state index is -0.570. The minimum absolute atomic E-state index is 0.133. The number of rotatable bonds is 9. The van der Waals surface area contributed by atoms with Gasteiger partial charge < -0.3 is 9.64 Å². The van der Waals surface area contributed by atoms with Crippen LogP contribution in [0.15, 0.2) is 98.4 Å². The van der Waals surface area contributed by atoms with Crippen LogP contribution in [0.2, 0.25) is 0 Å². The average molecular weight is 523 g/mol. The summed E-state index contributed by atoms with van der Waals surface area (Å²) in [6, 6.07) is 24.6. The van der Waals surface area contributed by atoms with E-state index in [1.807, 2.05) is 56.3 Å². The summed E-state index contributed by atoms with van der Waals surface area (Å²) in [5, 5.41) is 4.00. The number of allylic oxidation sites excluding steroid dienone is 1. The molecule has 5 rings (SSSR count). The number of aromatic nitrogens is 2. The number of aliphatic imine (C=N–C) groups is 1. The van der Waals surface area contributed by atoms with Gasteiger partial charge in [-0.1, -0.05) is 61.0 Å². The van der Waals surface area contributed by atoms with Gasteiger partial charge in [-0.2, -0.15) is 0 Å². The lowest BCUT2D eigenvalue weighted by atomic mass is 9.93. The SMILES string of the molecule is CCCC1=C(Cc2ccc(-c3ccccc3)c(-c3noc(=O)[nH]3)c2)CN(c2ccc(OC(C)C)cc2)C(C)=N1. The Morgan fingerprint density at radius 3 is 2.46 bits per heavy atom. The molecule has 4 aromatic rings. The molecule has 0 aliphatic carbocycles. The zero-order valence-electron chi connectivity index (χ0n) is 22.9. The van der Waals surface area contributed by atoms with Crippen LogP contribution in [0.3, 0.4) is 0 Å². The molecule has 1 aromatic heterocycles. The highest BCUT2D eigenvalue weighted by Gasteiger charge is 2.22. The smallest absolute Gasteiger partial charge is 0.439 e. The van der Waals surface area contributed by atoms with Crippen molar-refractivity contribution in [2.24, 2.45) is 4.99 Å². The molecule has 3 aromatic carbocycles. The predicted octanol–water partition coefficient (Wildman–Crippen LogP) is 7.02. The summed E-state index contributed by atoms with van der Waals surface area (Å²) in [6.45, 7) is 9.06. The van der Waals surface area contributed by atoms with Gasteiger partial charge in [0.25, 0.3) is 0 Å². The predicted molar refractivity (Wildman–Crippen MR) is 156 cm³/mol. The maximum absolute atomic E-state index is 11.8. The molecule has 0 amide bonds. The number of nitrogens with one attached hydrogen (secondary N) is 1. The molecule has 1 aliphatic rings. The van der Waals surface area contributed by atoms with E-state index in [0.29, 0.717) is 5.82 Å². The van der Waals surface area contributed by atoms with Crippen molar-refractivity contribution >= 4 is 11.5 Å². The number of H-pyrrole nitrogens is 1. The lowest BCUT2D eigenvalue weighted by Gasteiger charge is -2.31. The Morgan fingerprint density at radius 1 is 1.03 bits per heavy atom. The van der Waals surface area contributed by atoms with E-state index in [1.54, 1.807) is 0 Å². The Hall–Kier alpha value is -4.39. The molecule has 0 bridgehead atoms. The van der Waals surface area contributed by atoms with E-state index < -0.39 is 5.76 Å². The highest BCUT2D eigenvalue weighted by molar-refractivity contribution is 5.98. The second-order valence-corrected chi connectivity index (χ2v) is 10.1. The maximum Gasteiger partial charge on any atom is 0.439 e. The Balaban J connectivity index is 1.48. The molecule has 7 heteroatoms. The first-order valence-corrected chi connectivity index (χ1v) is 13.5. The normalized spacial score (nSPS) is 13.7. The first-order chi connectivity index (χ1) is 18.9. The van der Waals surface area contributed by atoms with E-state index in [4.69, 9.17) is 14.3 Å². The molecule has 0 spiro atoms. The van der Waals surface area contributed by atoms with Gasteiger partial charge in [0.1, 0.15) is 11.6 Å². The fourth-order valence-corrected chi connectivity index (χ4v) is 4.97. The third kappa shape index (κ3) is 6.03. The molecule has 0 saturated carbocycles. The van der Waals surface area contributed by atoms with Gasteiger partial charge in [0.15, 0.2) is 5.82 Å². The van der Waals surface area contributed by atoms with Crippen molar-refractivity contribution in [2.45, 2.75) is 53.1 Å². The van der Waals surface area contributed by atoms with Gasteiger partial charge in [-0.05, 0) is 86.2 Å². The topological polar surface area (TPSA) is 83.7 Å². The zero-order chi connectivity index (χ0) is 27.4. The third-order valence-electron chi connectivity index (χ3n) is 6.73. The number of amidine groups is 1. The summed E-state index contributed by atoms with van der Waals surface area (Å²) >= 11 is 0. The van der Waals surface area contributed by atoms with Crippen LogP contribution in [0.4, 0.5) is 5.69 Å². The standard InChI is InChI=1S/C32H34N4O3/c1-5-9-30-25(20-36(22(4)33-30)26-13-15-27(16-14-26)38-21(2)3)18-23-12-17-28(24-10-7-6-8-11-24)29(19-23)31-34-32(37)39-35-31/h6-8,10-17,19,21H,5,9,18,20H2,1-4H3,(H,34,35,37). The zero-order valence-corrected chi connectivity index (χ0v) is 22.9. The molecule has 1 aliphatic heterocycles. The lowest BCUT2D eigenvalue weighted by molar-refractivity contribution is 0.242. The van der Waals surface area contributed by atoms with E-state index in [1.165, 1.54) is 5.57 Å². The summed E-state index contributed by atoms with van der Waals surface area (Å²) in [7, 11) is 0. The van der Waals surface area contributed by atoms with Gasteiger partial charge in [-0.3, -0.25) is 9.51 Å². The molecule has 0 fully saturated rings. The summed E-state index contributed by atoms with van der Waals surface area (Å²) in [5.41, 5.74) is 7.48. The highest BCUT2D eigenvalue weighted by atomic mass is 16.5. The number of aromatic amines is 1. The molecule has 39 heavy (non-hydrogen) atoms. The van der Waals surface area contributed by atoms with Crippen LogP contribution >= 0.6 is 0 Å². The number of benzene rings is 3. The molecule has 0 unspecified atom stereocenters. The van der Waals surface area contributed by atoms with Gasteiger partial charge in [0.05, 0.1) is 6.10 Å². The van der Waals surface area contributed by atoms with Crippen molar-refractivity contribution in [3.63, 3.8) is 0 Å². The number of hydrogen-bond acceptors (Lipinski definition) is 6. The number of nitrogens with zero attached hydrogens (tertiary/aromatic N) is 3. The summed E-state index contributed by atoms with van der Waals surface area (Å²) in [5.74, 6) is 1.70. The van der Waals surface area contributed by atoms with Crippen molar-refractivity contribution in [1.29, 1.82) is 0 Å². The Kier molecular flexibility index (Phi) is 7.77. The first-order valence-electron chi connectivity index (χ1n) is 13.5. The molecule has 7 nitrogen and oxygen atoms in total. The van der Waals surface area contributed by atoms with E-state index in [-0.39, 0.29) is 6.10 Å². The number of anilines is 1. The average Bonchev–Trinajstić information content (AvgIpc) is 3.37. The van der Waals surface area contributed by atoms with Crippen molar-refractivity contribution in [3.8, 4) is 28.3 Å². The van der Waals surface area contributed by atoms with Gasteiger partial charge >= 0.3 is 5.76 Å². The summed E-state index contributed by atoms with van der Waals surface area (Å²) < 4.78 is 10.7. The second-order valence-electron chi connectivity index (χ2n) is 10.1. The maximum atomic E-state index is 11.8. The monoisotopic (exact) mass is 522 g/mol. The molecule has 200 valence electrons. The van der Waals surface area contributed by atoms with E-state index in [2.05, 4.69) is 59.2 Å². The fourth-order valence-electron chi connectivity index (χ4n) is 4.97. The van der Waals surface area contributed by atoms with Crippen LogP contribution < -0.4 is 15.4 Å². The lowest BCUT2D eigenvalue weighted by Crippen LogP contribution is -2.34. The third-order valence-corrected chi connectivity index (χ3v) is 6.73. The quantitative estimate of drug-likeness (QED) is 0.255. The second kappa shape index (κ2) is 11.6. The van der Waals surface area contributed by atoms with Crippen LogP contribution in [0.5, 0.6) is 5.75 Å². The summed E-state index contributed by atoms with van der Waals surface area (Å²) in [6.07, 6.45) is 2.82. The van der Waals surface area contributed by atoms with Crippen LogP contribution in [0, 0.1) is 0 Å². The number of hydrogen-bond donors (Lipinski definition) is 1. The van der Waals surface area contributed by atoms with Crippen molar-refractivity contribution in [1.82, 2.24) is 10.1 Å². The highest BCUT2D eigenvalue weighted by Crippen LogP contribution is 2.33. The molecule has 0 radical (unpaired) electrons. The Morgan fingerprint density at radius 2 is 1.79 bits per heavy atom. The van der Waals surface area contributed by atoms with Crippen molar-refractivity contribution in [2.75, 3.05) is 11.4 Å². The van der Waals surface area contributed by atoms with Gasteiger partial charge in [-0.25, -0.2) is 9.79 Å². The van der Waals surface area contributed by atoms with Crippen LogP contribution in [-0.2, 0) is 6.42 Å². The molecule has 0 atom stereocenters. The largest absolute Gasteiger partial charge is 0.491 e. The van der Waals surface area contributed by atoms with E-state index in [9.17, 15) is 4.79 Å². The first kappa shape index (κ1) is 26.2. The molecular weight excluding hydrogens is 488 g/mol. The molecule has 1 N–H and O–H groups in total. The van der Waals surface area contributed by atoms with Crippen molar-refractivity contribution in [3.05, 3.63) is 100 Å².